The number of hydrogen-bond acceptors (Lipinski definition) is 5. The van der Waals surface area contributed by atoms with E-state index < -0.39 is 0 Å². The zero-order valence-corrected chi connectivity index (χ0v) is 9.92. The number of rotatable bonds is 4. The van der Waals surface area contributed by atoms with Gasteiger partial charge in [0.2, 0.25) is 0 Å². The van der Waals surface area contributed by atoms with Crippen LogP contribution in [0, 0.1) is 6.92 Å². The minimum atomic E-state index is 0.696. The first-order valence-electron chi connectivity index (χ1n) is 5.06. The number of nitrogen functional groups attached to an aromatic ring is 1. The molecule has 84 valence electrons. The van der Waals surface area contributed by atoms with E-state index in [0.29, 0.717) is 5.69 Å². The van der Waals surface area contributed by atoms with E-state index in [0.717, 1.165) is 23.8 Å². The molecule has 0 aromatic carbocycles. The lowest BCUT2D eigenvalue weighted by Gasteiger charge is -2.02. The van der Waals surface area contributed by atoms with Crippen molar-refractivity contribution in [2.45, 2.75) is 20.0 Å². The summed E-state index contributed by atoms with van der Waals surface area (Å²) in [6, 6.07) is 3.79. The lowest BCUT2D eigenvalue weighted by atomic mass is 10.3. The summed E-state index contributed by atoms with van der Waals surface area (Å²) in [4.78, 5) is 9.66. The van der Waals surface area contributed by atoms with Gasteiger partial charge in [-0.3, -0.25) is 4.98 Å². The van der Waals surface area contributed by atoms with Crippen molar-refractivity contribution in [1.82, 2.24) is 15.3 Å². The first kappa shape index (κ1) is 11.0. The molecule has 0 spiro atoms. The minimum Gasteiger partial charge on any atom is -0.397 e. The van der Waals surface area contributed by atoms with Gasteiger partial charge in [-0.2, -0.15) is 0 Å². The van der Waals surface area contributed by atoms with Crippen LogP contribution in [0.4, 0.5) is 5.69 Å². The van der Waals surface area contributed by atoms with Crippen molar-refractivity contribution in [1.29, 1.82) is 0 Å². The van der Waals surface area contributed by atoms with Gasteiger partial charge < -0.3 is 11.1 Å². The molecule has 0 amide bonds. The third-order valence-corrected chi connectivity index (χ3v) is 3.03. The minimum absolute atomic E-state index is 0.696. The molecule has 0 aliphatic rings. The fourth-order valence-corrected chi connectivity index (χ4v) is 2.11. The van der Waals surface area contributed by atoms with Crippen LogP contribution in [0.3, 0.4) is 0 Å². The van der Waals surface area contributed by atoms with Gasteiger partial charge in [0, 0.05) is 24.2 Å². The Morgan fingerprint density at radius 1 is 1.25 bits per heavy atom. The summed E-state index contributed by atoms with van der Waals surface area (Å²) in [6.07, 6.45) is 3.58. The summed E-state index contributed by atoms with van der Waals surface area (Å²) in [5.41, 5.74) is 7.25. The molecule has 0 saturated carbocycles. The van der Waals surface area contributed by atoms with Crippen LogP contribution in [0.5, 0.6) is 0 Å². The highest BCUT2D eigenvalue weighted by Crippen LogP contribution is 2.11. The molecular formula is C11H14N4S. The topological polar surface area (TPSA) is 63.8 Å². The normalized spacial score (nSPS) is 10.6. The van der Waals surface area contributed by atoms with E-state index in [9.17, 15) is 0 Å². The number of nitrogens with two attached hydrogens (primary N) is 1. The lowest BCUT2D eigenvalue weighted by molar-refractivity contribution is 0.686. The van der Waals surface area contributed by atoms with Crippen molar-refractivity contribution in [3.63, 3.8) is 0 Å². The van der Waals surface area contributed by atoms with Crippen LogP contribution in [-0.4, -0.2) is 9.97 Å². The van der Waals surface area contributed by atoms with Crippen molar-refractivity contribution in [3.8, 4) is 0 Å². The Morgan fingerprint density at radius 2 is 2.12 bits per heavy atom. The zero-order valence-electron chi connectivity index (χ0n) is 9.10. The maximum absolute atomic E-state index is 5.56. The van der Waals surface area contributed by atoms with Gasteiger partial charge in [0.1, 0.15) is 0 Å². The second-order valence-corrected chi connectivity index (χ2v) is 4.85. The maximum Gasteiger partial charge on any atom is 0.0897 e. The van der Waals surface area contributed by atoms with Crippen LogP contribution in [0.15, 0.2) is 24.5 Å². The molecule has 5 heteroatoms. The molecule has 3 N–H and O–H groups in total. The summed E-state index contributed by atoms with van der Waals surface area (Å²) in [6.45, 7) is 3.59. The van der Waals surface area contributed by atoms with E-state index in [1.165, 1.54) is 4.88 Å². The number of pyridine rings is 1. The Bertz CT molecular complexity index is 449. The van der Waals surface area contributed by atoms with Crippen LogP contribution in [0.2, 0.25) is 0 Å². The molecule has 0 radical (unpaired) electrons. The smallest absolute Gasteiger partial charge is 0.0897 e. The highest BCUT2D eigenvalue weighted by molar-refractivity contribution is 7.11. The number of nitrogens with one attached hydrogen (secondary N) is 1. The molecule has 0 bridgehead atoms. The van der Waals surface area contributed by atoms with Crippen molar-refractivity contribution >= 4 is 17.0 Å². The molecule has 0 unspecified atom stereocenters. The Morgan fingerprint density at radius 3 is 2.75 bits per heavy atom. The van der Waals surface area contributed by atoms with Crippen LogP contribution in [0.1, 0.15) is 15.6 Å². The first-order valence-corrected chi connectivity index (χ1v) is 5.88. The molecule has 0 atom stereocenters. The maximum atomic E-state index is 5.56. The van der Waals surface area contributed by atoms with Gasteiger partial charge >= 0.3 is 0 Å². The number of aryl methyl sites for hydroxylation is 1. The Kier molecular flexibility index (Phi) is 3.48. The number of thiazole rings is 1. The predicted octanol–water partition coefficient (Wildman–Crippen LogP) is 1.72. The second kappa shape index (κ2) is 5.05. The highest BCUT2D eigenvalue weighted by Gasteiger charge is 1.98. The van der Waals surface area contributed by atoms with Gasteiger partial charge in [-0.25, -0.2) is 4.98 Å². The second-order valence-electron chi connectivity index (χ2n) is 3.53. The molecule has 2 aromatic rings. The summed E-state index contributed by atoms with van der Waals surface area (Å²) in [5, 5.41) is 4.42. The molecule has 0 saturated heterocycles. The monoisotopic (exact) mass is 234 g/mol. The molecule has 0 fully saturated rings. The predicted molar refractivity (Wildman–Crippen MR) is 66.0 cm³/mol. The van der Waals surface area contributed by atoms with Crippen LogP contribution in [-0.2, 0) is 13.1 Å². The zero-order chi connectivity index (χ0) is 11.4. The number of anilines is 1. The van der Waals surface area contributed by atoms with Gasteiger partial charge in [0.25, 0.3) is 0 Å². The van der Waals surface area contributed by atoms with E-state index in [1.54, 1.807) is 17.5 Å². The standard InChI is InChI=1S/C11H14N4S/c1-8-14-7-11(16-8)6-13-5-10-3-2-9(12)4-15-10/h2-4,7,13H,5-6,12H2,1H3. The summed E-state index contributed by atoms with van der Waals surface area (Å²) in [5.74, 6) is 0. The lowest BCUT2D eigenvalue weighted by Crippen LogP contribution is -2.12. The van der Waals surface area contributed by atoms with Crippen molar-refractivity contribution in [2.75, 3.05) is 5.73 Å². The van der Waals surface area contributed by atoms with Gasteiger partial charge in [-0.1, -0.05) is 0 Å². The molecule has 2 heterocycles. The van der Waals surface area contributed by atoms with E-state index in [2.05, 4.69) is 15.3 Å². The van der Waals surface area contributed by atoms with E-state index in [1.807, 2.05) is 25.3 Å². The summed E-state index contributed by atoms with van der Waals surface area (Å²) in [7, 11) is 0. The Hall–Kier alpha value is -1.46. The summed E-state index contributed by atoms with van der Waals surface area (Å²) < 4.78 is 0. The molecule has 4 nitrogen and oxygen atoms in total. The quantitative estimate of drug-likeness (QED) is 0.845. The van der Waals surface area contributed by atoms with Gasteiger partial charge in [-0.05, 0) is 19.1 Å². The van der Waals surface area contributed by atoms with E-state index >= 15 is 0 Å². The first-order chi connectivity index (χ1) is 7.74. The molecule has 0 aliphatic heterocycles. The van der Waals surface area contributed by atoms with E-state index in [-0.39, 0.29) is 0 Å². The van der Waals surface area contributed by atoms with Crippen molar-refractivity contribution < 1.29 is 0 Å². The van der Waals surface area contributed by atoms with Crippen LogP contribution in [0.25, 0.3) is 0 Å². The average molecular weight is 234 g/mol. The SMILES string of the molecule is Cc1ncc(CNCc2ccc(N)cn2)s1. The summed E-state index contributed by atoms with van der Waals surface area (Å²) >= 11 is 1.71. The average Bonchev–Trinajstić information content (AvgIpc) is 2.67. The fourth-order valence-electron chi connectivity index (χ4n) is 1.34. The van der Waals surface area contributed by atoms with Gasteiger partial charge in [0.05, 0.1) is 22.6 Å². The van der Waals surface area contributed by atoms with Crippen molar-refractivity contribution in [3.05, 3.63) is 40.1 Å². The molecule has 2 aromatic heterocycles. The molecule has 0 aliphatic carbocycles. The van der Waals surface area contributed by atoms with Crippen LogP contribution < -0.4 is 11.1 Å². The molecular weight excluding hydrogens is 220 g/mol. The van der Waals surface area contributed by atoms with E-state index in [4.69, 9.17) is 5.73 Å². The molecule has 2 rings (SSSR count). The van der Waals surface area contributed by atoms with Gasteiger partial charge in [0.15, 0.2) is 0 Å². The number of hydrogen-bond donors (Lipinski definition) is 2. The third kappa shape index (κ3) is 3.01. The van der Waals surface area contributed by atoms with Gasteiger partial charge in [-0.15, -0.1) is 11.3 Å². The fraction of sp³-hybridized carbons (Fsp3) is 0.273. The Labute approximate surface area is 98.6 Å². The van der Waals surface area contributed by atoms with Crippen molar-refractivity contribution in [2.24, 2.45) is 0 Å². The number of aromatic nitrogens is 2. The highest BCUT2D eigenvalue weighted by atomic mass is 32.1. The third-order valence-electron chi connectivity index (χ3n) is 2.12. The number of nitrogens with zero attached hydrogens (tertiary/aromatic N) is 2. The molecule has 16 heavy (non-hydrogen) atoms. The Balaban J connectivity index is 1.82. The van der Waals surface area contributed by atoms with Crippen LogP contribution >= 0.6 is 11.3 Å². The largest absolute Gasteiger partial charge is 0.397 e.